The van der Waals surface area contributed by atoms with E-state index in [2.05, 4.69) is 24.2 Å². The van der Waals surface area contributed by atoms with E-state index in [0.29, 0.717) is 6.17 Å². The van der Waals surface area contributed by atoms with E-state index in [1.807, 2.05) is 0 Å². The lowest BCUT2D eigenvalue weighted by molar-refractivity contribution is 0.0194. The van der Waals surface area contributed by atoms with E-state index in [1.165, 1.54) is 6.42 Å². The molecule has 1 unspecified atom stereocenters. The number of morpholine rings is 1. The highest BCUT2D eigenvalue weighted by molar-refractivity contribution is 4.68. The summed E-state index contributed by atoms with van der Waals surface area (Å²) in [7, 11) is 2.13. The molecule has 0 amide bonds. The van der Waals surface area contributed by atoms with Crippen molar-refractivity contribution in [3.8, 4) is 0 Å². The Bertz CT molecular complexity index is 102. The third-order valence-electron chi connectivity index (χ3n) is 2.01. The van der Waals surface area contributed by atoms with Gasteiger partial charge in [0.25, 0.3) is 0 Å². The summed E-state index contributed by atoms with van der Waals surface area (Å²) in [6.45, 7) is 6.01. The van der Waals surface area contributed by atoms with Crippen LogP contribution in [0.15, 0.2) is 0 Å². The Hall–Kier alpha value is -0.120. The van der Waals surface area contributed by atoms with Gasteiger partial charge in [-0.2, -0.15) is 0 Å². The van der Waals surface area contributed by atoms with Gasteiger partial charge >= 0.3 is 0 Å². The van der Waals surface area contributed by atoms with E-state index in [0.717, 1.165) is 26.3 Å². The summed E-state index contributed by atoms with van der Waals surface area (Å²) in [6, 6.07) is 0. The lowest BCUT2D eigenvalue weighted by Gasteiger charge is -2.31. The maximum Gasteiger partial charge on any atom is 0.0836 e. The average molecular weight is 158 g/mol. The lowest BCUT2D eigenvalue weighted by atomic mass is 10.3. The van der Waals surface area contributed by atoms with Gasteiger partial charge in [0.2, 0.25) is 0 Å². The monoisotopic (exact) mass is 158 g/mol. The first-order valence-corrected chi connectivity index (χ1v) is 4.36. The molecule has 1 fully saturated rings. The molecule has 0 aromatic rings. The fourth-order valence-electron chi connectivity index (χ4n) is 1.34. The van der Waals surface area contributed by atoms with E-state index >= 15 is 0 Å². The first kappa shape index (κ1) is 8.97. The molecule has 1 aliphatic heterocycles. The zero-order valence-electron chi connectivity index (χ0n) is 7.47. The standard InChI is InChI=1S/C8H18N2O/c1-3-5-10(2)8-7-11-6-4-9-8/h8-9H,3-7H2,1-2H3. The van der Waals surface area contributed by atoms with Crippen molar-refractivity contribution < 1.29 is 4.74 Å². The van der Waals surface area contributed by atoms with Crippen LogP contribution in [-0.2, 0) is 4.74 Å². The van der Waals surface area contributed by atoms with Gasteiger partial charge in [0.15, 0.2) is 0 Å². The predicted molar refractivity (Wildman–Crippen MR) is 45.5 cm³/mol. The molecule has 66 valence electrons. The summed E-state index contributed by atoms with van der Waals surface area (Å²) < 4.78 is 5.35. The lowest BCUT2D eigenvalue weighted by Crippen LogP contribution is -2.51. The quantitative estimate of drug-likeness (QED) is 0.638. The van der Waals surface area contributed by atoms with Crippen LogP contribution in [0.25, 0.3) is 0 Å². The van der Waals surface area contributed by atoms with Gasteiger partial charge in [-0.1, -0.05) is 6.92 Å². The highest BCUT2D eigenvalue weighted by Gasteiger charge is 2.16. The van der Waals surface area contributed by atoms with Crippen LogP contribution in [0, 0.1) is 0 Å². The number of ether oxygens (including phenoxy) is 1. The fourth-order valence-corrected chi connectivity index (χ4v) is 1.34. The van der Waals surface area contributed by atoms with Gasteiger partial charge in [0.05, 0.1) is 19.4 Å². The van der Waals surface area contributed by atoms with Gasteiger partial charge in [-0.25, -0.2) is 0 Å². The minimum atomic E-state index is 0.434. The molecule has 3 heteroatoms. The summed E-state index contributed by atoms with van der Waals surface area (Å²) in [5.41, 5.74) is 0. The summed E-state index contributed by atoms with van der Waals surface area (Å²) in [5.74, 6) is 0. The minimum absolute atomic E-state index is 0.434. The molecule has 0 spiro atoms. The van der Waals surface area contributed by atoms with Gasteiger partial charge in [-0.3, -0.25) is 10.2 Å². The van der Waals surface area contributed by atoms with E-state index in [4.69, 9.17) is 4.74 Å². The van der Waals surface area contributed by atoms with Crippen molar-refractivity contribution in [3.05, 3.63) is 0 Å². The van der Waals surface area contributed by atoms with Crippen LogP contribution in [0.5, 0.6) is 0 Å². The molecule has 1 N–H and O–H groups in total. The second-order valence-corrected chi connectivity index (χ2v) is 3.03. The molecule has 0 radical (unpaired) electrons. The van der Waals surface area contributed by atoms with Crippen LogP contribution >= 0.6 is 0 Å². The zero-order chi connectivity index (χ0) is 8.10. The predicted octanol–water partition coefficient (Wildman–Crippen LogP) is 0.274. The molecule has 1 aliphatic rings. The molecule has 1 atom stereocenters. The number of likely N-dealkylation sites (N-methyl/N-ethyl adjacent to an activating group) is 1. The van der Waals surface area contributed by atoms with Crippen LogP contribution in [-0.4, -0.2) is 44.4 Å². The number of nitrogens with zero attached hydrogens (tertiary/aromatic N) is 1. The molecule has 1 saturated heterocycles. The minimum Gasteiger partial charge on any atom is -0.377 e. The Labute approximate surface area is 68.7 Å². The second kappa shape index (κ2) is 4.70. The van der Waals surface area contributed by atoms with Crippen molar-refractivity contribution in [2.45, 2.75) is 19.5 Å². The average Bonchev–Trinajstić information content (AvgIpc) is 2.07. The van der Waals surface area contributed by atoms with Crippen molar-refractivity contribution in [2.75, 3.05) is 33.4 Å². The van der Waals surface area contributed by atoms with Gasteiger partial charge in [0, 0.05) is 6.54 Å². The zero-order valence-corrected chi connectivity index (χ0v) is 7.47. The van der Waals surface area contributed by atoms with Crippen molar-refractivity contribution in [3.63, 3.8) is 0 Å². The summed E-state index contributed by atoms with van der Waals surface area (Å²) in [5, 5.41) is 3.40. The number of nitrogens with one attached hydrogen (secondary N) is 1. The van der Waals surface area contributed by atoms with Crippen LogP contribution in [0.4, 0.5) is 0 Å². The first-order chi connectivity index (χ1) is 5.34. The number of rotatable bonds is 3. The molecule has 3 nitrogen and oxygen atoms in total. The molecule has 11 heavy (non-hydrogen) atoms. The topological polar surface area (TPSA) is 24.5 Å². The van der Waals surface area contributed by atoms with E-state index in [-0.39, 0.29) is 0 Å². The van der Waals surface area contributed by atoms with Crippen molar-refractivity contribution in [1.82, 2.24) is 10.2 Å². The third-order valence-corrected chi connectivity index (χ3v) is 2.01. The van der Waals surface area contributed by atoms with Crippen molar-refractivity contribution in [1.29, 1.82) is 0 Å². The van der Waals surface area contributed by atoms with Crippen LogP contribution in [0.2, 0.25) is 0 Å². The Morgan fingerprint density at radius 1 is 1.64 bits per heavy atom. The van der Waals surface area contributed by atoms with Crippen molar-refractivity contribution >= 4 is 0 Å². The largest absolute Gasteiger partial charge is 0.377 e. The smallest absolute Gasteiger partial charge is 0.0836 e. The molecular weight excluding hydrogens is 140 g/mol. The highest BCUT2D eigenvalue weighted by atomic mass is 16.5. The Balaban J connectivity index is 2.21. The fraction of sp³-hybridized carbons (Fsp3) is 1.00. The molecule has 0 aromatic heterocycles. The Morgan fingerprint density at radius 3 is 3.00 bits per heavy atom. The Kier molecular flexibility index (Phi) is 3.83. The second-order valence-electron chi connectivity index (χ2n) is 3.03. The molecule has 0 bridgehead atoms. The third kappa shape index (κ3) is 2.77. The van der Waals surface area contributed by atoms with E-state index in [1.54, 1.807) is 0 Å². The Morgan fingerprint density at radius 2 is 2.45 bits per heavy atom. The highest BCUT2D eigenvalue weighted by Crippen LogP contribution is 1.98. The maximum atomic E-state index is 5.35. The van der Waals surface area contributed by atoms with Gasteiger partial charge in [-0.05, 0) is 20.0 Å². The van der Waals surface area contributed by atoms with Gasteiger partial charge < -0.3 is 4.74 Å². The van der Waals surface area contributed by atoms with Crippen molar-refractivity contribution in [2.24, 2.45) is 0 Å². The number of hydrogen-bond donors (Lipinski definition) is 1. The van der Waals surface area contributed by atoms with E-state index in [9.17, 15) is 0 Å². The summed E-state index contributed by atoms with van der Waals surface area (Å²) in [6.07, 6.45) is 1.64. The maximum absolute atomic E-state index is 5.35. The van der Waals surface area contributed by atoms with Gasteiger partial charge in [-0.15, -0.1) is 0 Å². The van der Waals surface area contributed by atoms with Crippen LogP contribution < -0.4 is 5.32 Å². The molecule has 0 saturated carbocycles. The van der Waals surface area contributed by atoms with Crippen LogP contribution in [0.1, 0.15) is 13.3 Å². The normalized spacial score (nSPS) is 25.9. The van der Waals surface area contributed by atoms with Gasteiger partial charge in [0.1, 0.15) is 0 Å². The molecule has 0 aromatic carbocycles. The van der Waals surface area contributed by atoms with E-state index < -0.39 is 0 Å². The molecule has 1 heterocycles. The van der Waals surface area contributed by atoms with Crippen LogP contribution in [0.3, 0.4) is 0 Å². The molecular formula is C8H18N2O. The summed E-state index contributed by atoms with van der Waals surface area (Å²) >= 11 is 0. The SMILES string of the molecule is CCCN(C)C1COCCN1. The first-order valence-electron chi connectivity index (χ1n) is 4.36. The number of hydrogen-bond acceptors (Lipinski definition) is 3. The molecule has 1 rings (SSSR count). The molecule has 0 aliphatic carbocycles. The summed E-state index contributed by atoms with van der Waals surface area (Å²) in [4.78, 5) is 2.30.